The first-order chi connectivity index (χ1) is 14.4. The highest BCUT2D eigenvalue weighted by molar-refractivity contribution is 6.30. The zero-order valence-electron chi connectivity index (χ0n) is 16.6. The second kappa shape index (κ2) is 9.37. The molecule has 0 saturated heterocycles. The van der Waals surface area contributed by atoms with E-state index in [4.69, 9.17) is 11.6 Å². The maximum absolute atomic E-state index is 12.8. The van der Waals surface area contributed by atoms with Crippen LogP contribution in [-0.4, -0.2) is 21.6 Å². The van der Waals surface area contributed by atoms with Crippen LogP contribution in [0.1, 0.15) is 18.9 Å². The summed E-state index contributed by atoms with van der Waals surface area (Å²) < 4.78 is 1.04. The Hall–Kier alpha value is -3.45. The van der Waals surface area contributed by atoms with Crippen LogP contribution in [0, 0.1) is 6.92 Å². The minimum atomic E-state index is -0.561. The summed E-state index contributed by atoms with van der Waals surface area (Å²) in [5.74, 6) is -0.715. The van der Waals surface area contributed by atoms with Crippen LogP contribution >= 0.6 is 11.6 Å². The molecule has 0 unspecified atom stereocenters. The number of amides is 2. The number of benzene rings is 2. The van der Waals surface area contributed by atoms with Gasteiger partial charge in [0.1, 0.15) is 12.2 Å². The summed E-state index contributed by atoms with van der Waals surface area (Å²) in [6.07, 6.45) is 0.214. The van der Waals surface area contributed by atoms with Crippen LogP contribution in [0.3, 0.4) is 0 Å². The number of nitrogens with one attached hydrogen (secondary N) is 2. The first-order valence-electron chi connectivity index (χ1n) is 9.40. The molecule has 8 heteroatoms. The molecular formula is C22H21ClN4O3. The fraction of sp³-hybridized carbons (Fsp3) is 0.182. The Morgan fingerprint density at radius 2 is 1.77 bits per heavy atom. The predicted octanol–water partition coefficient (Wildman–Crippen LogP) is 3.86. The van der Waals surface area contributed by atoms with E-state index in [1.807, 2.05) is 25.1 Å². The molecule has 0 aliphatic rings. The lowest BCUT2D eigenvalue weighted by atomic mass is 10.1. The van der Waals surface area contributed by atoms with E-state index < -0.39 is 11.5 Å². The quantitative estimate of drug-likeness (QED) is 0.628. The van der Waals surface area contributed by atoms with Crippen molar-refractivity contribution in [2.75, 3.05) is 10.6 Å². The molecule has 0 atom stereocenters. The third-order valence-corrected chi connectivity index (χ3v) is 4.56. The summed E-state index contributed by atoms with van der Waals surface area (Å²) in [6, 6.07) is 15.7. The van der Waals surface area contributed by atoms with Gasteiger partial charge in [-0.2, -0.15) is 5.10 Å². The lowest BCUT2D eigenvalue weighted by molar-refractivity contribution is -0.117. The number of rotatable bonds is 6. The van der Waals surface area contributed by atoms with Gasteiger partial charge in [0.05, 0.1) is 5.69 Å². The van der Waals surface area contributed by atoms with E-state index >= 15 is 0 Å². The van der Waals surface area contributed by atoms with Gasteiger partial charge in [0.2, 0.25) is 11.8 Å². The minimum Gasteiger partial charge on any atom is -0.324 e. The molecule has 2 amide bonds. The van der Waals surface area contributed by atoms with Crippen molar-refractivity contribution in [2.24, 2.45) is 0 Å². The molecule has 2 N–H and O–H groups in total. The topological polar surface area (TPSA) is 93.1 Å². The van der Waals surface area contributed by atoms with E-state index in [0.717, 1.165) is 10.2 Å². The number of carbonyl (C=O) groups excluding carboxylic acids is 2. The first-order valence-corrected chi connectivity index (χ1v) is 9.78. The molecule has 2 aromatic carbocycles. The average Bonchev–Trinajstić information content (AvgIpc) is 2.71. The van der Waals surface area contributed by atoms with Gasteiger partial charge in [-0.15, -0.1) is 0 Å². The maximum Gasteiger partial charge on any atom is 0.291 e. The number of aromatic nitrogens is 2. The Bertz CT molecular complexity index is 1140. The Morgan fingerprint density at radius 3 is 2.43 bits per heavy atom. The normalized spacial score (nSPS) is 10.5. The number of hydrogen-bond acceptors (Lipinski definition) is 4. The number of nitrogens with zero attached hydrogens (tertiary/aromatic N) is 2. The highest BCUT2D eigenvalue weighted by Crippen LogP contribution is 2.21. The number of hydrogen-bond donors (Lipinski definition) is 2. The lowest BCUT2D eigenvalue weighted by Gasteiger charge is -2.12. The summed E-state index contributed by atoms with van der Waals surface area (Å²) in [6.45, 7) is 3.30. The summed E-state index contributed by atoms with van der Waals surface area (Å²) in [4.78, 5) is 37.2. The fourth-order valence-corrected chi connectivity index (χ4v) is 2.92. The van der Waals surface area contributed by atoms with Crippen molar-refractivity contribution in [2.45, 2.75) is 26.8 Å². The van der Waals surface area contributed by atoms with E-state index in [0.29, 0.717) is 22.0 Å². The van der Waals surface area contributed by atoms with Crippen molar-refractivity contribution in [3.8, 4) is 11.3 Å². The van der Waals surface area contributed by atoms with Crippen LogP contribution in [0.5, 0.6) is 0 Å². The lowest BCUT2D eigenvalue weighted by Crippen LogP contribution is -2.32. The second-order valence-electron chi connectivity index (χ2n) is 6.73. The van der Waals surface area contributed by atoms with E-state index in [1.54, 1.807) is 37.3 Å². The Kier molecular flexibility index (Phi) is 6.64. The van der Waals surface area contributed by atoms with Crippen molar-refractivity contribution >= 4 is 34.8 Å². The van der Waals surface area contributed by atoms with Gasteiger partial charge in [-0.25, -0.2) is 4.68 Å². The SMILES string of the molecule is CCC(=O)Nc1cc(-c2ccc(Cl)cc2)nn(CC(=O)Nc2cccc(C)c2)c1=O. The van der Waals surface area contributed by atoms with Crippen LogP contribution in [0.15, 0.2) is 59.4 Å². The molecule has 1 aromatic heterocycles. The summed E-state index contributed by atoms with van der Waals surface area (Å²) >= 11 is 5.95. The first kappa shape index (κ1) is 21.3. The van der Waals surface area contributed by atoms with Crippen molar-refractivity contribution in [1.82, 2.24) is 9.78 Å². The zero-order chi connectivity index (χ0) is 21.7. The largest absolute Gasteiger partial charge is 0.324 e. The van der Waals surface area contributed by atoms with Crippen molar-refractivity contribution < 1.29 is 9.59 Å². The van der Waals surface area contributed by atoms with Gasteiger partial charge in [-0.05, 0) is 42.8 Å². The van der Waals surface area contributed by atoms with Crippen LogP contribution in [0.25, 0.3) is 11.3 Å². The van der Waals surface area contributed by atoms with Gasteiger partial charge < -0.3 is 10.6 Å². The van der Waals surface area contributed by atoms with Crippen LogP contribution in [-0.2, 0) is 16.1 Å². The number of carbonyl (C=O) groups is 2. The molecule has 0 fully saturated rings. The zero-order valence-corrected chi connectivity index (χ0v) is 17.4. The number of halogens is 1. The molecule has 0 spiro atoms. The molecule has 1 heterocycles. The molecule has 30 heavy (non-hydrogen) atoms. The molecule has 3 rings (SSSR count). The number of anilines is 2. The third-order valence-electron chi connectivity index (χ3n) is 4.30. The van der Waals surface area contributed by atoms with Crippen LogP contribution in [0.2, 0.25) is 5.02 Å². The second-order valence-corrected chi connectivity index (χ2v) is 7.17. The molecule has 3 aromatic rings. The van der Waals surface area contributed by atoms with E-state index in [2.05, 4.69) is 15.7 Å². The molecule has 0 bridgehead atoms. The molecule has 0 radical (unpaired) electrons. The molecular weight excluding hydrogens is 404 g/mol. The Morgan fingerprint density at radius 1 is 1.03 bits per heavy atom. The fourth-order valence-electron chi connectivity index (χ4n) is 2.80. The van der Waals surface area contributed by atoms with Crippen molar-refractivity contribution in [1.29, 1.82) is 0 Å². The maximum atomic E-state index is 12.8. The molecule has 0 saturated carbocycles. The summed E-state index contributed by atoms with van der Waals surface area (Å²) in [5.41, 5.74) is 2.25. The van der Waals surface area contributed by atoms with Gasteiger partial charge in [-0.3, -0.25) is 14.4 Å². The average molecular weight is 425 g/mol. The van der Waals surface area contributed by atoms with Crippen LogP contribution < -0.4 is 16.2 Å². The monoisotopic (exact) mass is 424 g/mol. The summed E-state index contributed by atoms with van der Waals surface area (Å²) in [7, 11) is 0. The van der Waals surface area contributed by atoms with E-state index in [9.17, 15) is 14.4 Å². The molecule has 0 aliphatic heterocycles. The number of aryl methyl sites for hydroxylation is 1. The molecule has 7 nitrogen and oxygen atoms in total. The van der Waals surface area contributed by atoms with E-state index in [1.165, 1.54) is 6.07 Å². The van der Waals surface area contributed by atoms with Gasteiger partial charge in [0, 0.05) is 22.7 Å². The smallest absolute Gasteiger partial charge is 0.291 e. The Balaban J connectivity index is 1.95. The third kappa shape index (κ3) is 5.33. The molecule has 154 valence electrons. The highest BCUT2D eigenvalue weighted by Gasteiger charge is 2.14. The van der Waals surface area contributed by atoms with Gasteiger partial charge in [0.15, 0.2) is 0 Å². The van der Waals surface area contributed by atoms with Gasteiger partial charge in [-0.1, -0.05) is 42.8 Å². The minimum absolute atomic E-state index is 0.0603. The van der Waals surface area contributed by atoms with E-state index in [-0.39, 0.29) is 24.6 Å². The molecule has 0 aliphatic carbocycles. The summed E-state index contributed by atoms with van der Waals surface area (Å²) in [5, 5.41) is 10.2. The highest BCUT2D eigenvalue weighted by atomic mass is 35.5. The Labute approximate surface area is 178 Å². The van der Waals surface area contributed by atoms with Crippen LogP contribution in [0.4, 0.5) is 11.4 Å². The predicted molar refractivity (Wildman–Crippen MR) is 118 cm³/mol. The van der Waals surface area contributed by atoms with Crippen molar-refractivity contribution in [3.63, 3.8) is 0 Å². The van der Waals surface area contributed by atoms with Gasteiger partial charge in [0.25, 0.3) is 5.56 Å². The van der Waals surface area contributed by atoms with Gasteiger partial charge >= 0.3 is 0 Å². The van der Waals surface area contributed by atoms with Crippen molar-refractivity contribution in [3.05, 3.63) is 75.5 Å². The standard InChI is InChI=1S/C22H21ClN4O3/c1-3-20(28)25-19-12-18(15-7-9-16(23)10-8-15)26-27(22(19)30)13-21(29)24-17-6-4-5-14(2)11-17/h4-12H,3,13H2,1-2H3,(H,24,29)(H,25,28).